The fourth-order valence-electron chi connectivity index (χ4n) is 2.64. The second-order valence-corrected chi connectivity index (χ2v) is 6.80. The molecule has 2 aliphatic rings. The second kappa shape index (κ2) is 4.84. The summed E-state index contributed by atoms with van der Waals surface area (Å²) < 4.78 is 24.7. The number of rotatable bonds is 5. The van der Waals surface area contributed by atoms with Crippen LogP contribution in [0, 0.1) is 0 Å². The first kappa shape index (κ1) is 13.0. The molecular formula is C11H19N5O2S. The number of nitrogens with two attached hydrogens (primary N) is 1. The summed E-state index contributed by atoms with van der Waals surface area (Å²) in [5.74, 6) is 0.749. The fraction of sp³-hybridized carbons (Fsp3) is 0.818. The van der Waals surface area contributed by atoms with E-state index in [1.54, 1.807) is 4.57 Å². The Morgan fingerprint density at radius 2 is 1.89 bits per heavy atom. The number of sulfonamides is 1. The third-order valence-corrected chi connectivity index (χ3v) is 4.54. The summed E-state index contributed by atoms with van der Waals surface area (Å²) in [5.41, 5.74) is 0. The molecule has 106 valence electrons. The van der Waals surface area contributed by atoms with Crippen molar-refractivity contribution in [3.63, 3.8) is 0 Å². The lowest BCUT2D eigenvalue weighted by Gasteiger charge is -2.14. The van der Waals surface area contributed by atoms with Crippen LogP contribution < -0.4 is 5.14 Å². The Kier molecular flexibility index (Phi) is 3.32. The lowest BCUT2D eigenvalue weighted by molar-refractivity contribution is 0.338. The average molecular weight is 285 g/mol. The first-order valence-electron chi connectivity index (χ1n) is 6.74. The quantitative estimate of drug-likeness (QED) is 0.815. The fourth-order valence-corrected chi connectivity index (χ4v) is 3.32. The van der Waals surface area contributed by atoms with Crippen molar-refractivity contribution in [1.29, 1.82) is 0 Å². The minimum absolute atomic E-state index is 0.0774. The van der Waals surface area contributed by atoms with Crippen LogP contribution in [-0.4, -0.2) is 47.7 Å². The summed E-state index contributed by atoms with van der Waals surface area (Å²) in [6, 6.07) is 0.219. The van der Waals surface area contributed by atoms with Crippen molar-refractivity contribution in [2.24, 2.45) is 5.14 Å². The van der Waals surface area contributed by atoms with Gasteiger partial charge in [0, 0.05) is 19.0 Å². The van der Waals surface area contributed by atoms with Gasteiger partial charge in [-0.25, -0.2) is 13.6 Å². The van der Waals surface area contributed by atoms with E-state index in [2.05, 4.69) is 15.1 Å². The van der Waals surface area contributed by atoms with Crippen molar-refractivity contribution < 1.29 is 8.42 Å². The molecule has 0 atom stereocenters. The highest BCUT2D eigenvalue weighted by Gasteiger charge is 2.33. The van der Waals surface area contributed by atoms with Crippen molar-refractivity contribution in [3.05, 3.63) is 5.82 Å². The van der Waals surface area contributed by atoms with Crippen LogP contribution in [0.3, 0.4) is 0 Å². The van der Waals surface area contributed by atoms with Gasteiger partial charge in [0.15, 0.2) is 0 Å². The van der Waals surface area contributed by atoms with E-state index in [-0.39, 0.29) is 11.2 Å². The van der Waals surface area contributed by atoms with Gasteiger partial charge >= 0.3 is 0 Å². The lowest BCUT2D eigenvalue weighted by Crippen LogP contribution is -2.24. The largest absolute Gasteiger partial charge is 0.303 e. The van der Waals surface area contributed by atoms with E-state index in [1.165, 1.54) is 12.8 Å². The molecule has 2 N–H and O–H groups in total. The molecule has 3 rings (SSSR count). The molecular weight excluding hydrogens is 266 g/mol. The molecule has 1 aliphatic heterocycles. The first-order chi connectivity index (χ1) is 9.05. The molecule has 8 heteroatoms. The molecule has 0 aromatic carbocycles. The van der Waals surface area contributed by atoms with Gasteiger partial charge < -0.3 is 4.90 Å². The average Bonchev–Trinajstić information content (AvgIpc) is 2.90. The van der Waals surface area contributed by atoms with Crippen LogP contribution in [0.4, 0.5) is 0 Å². The summed E-state index contributed by atoms with van der Waals surface area (Å²) in [4.78, 5) is 2.38. The summed E-state index contributed by atoms with van der Waals surface area (Å²) in [6.45, 7) is 3.16. The van der Waals surface area contributed by atoms with Crippen LogP contribution in [0.25, 0.3) is 0 Å². The topological polar surface area (TPSA) is 94.1 Å². The monoisotopic (exact) mass is 285 g/mol. The molecule has 1 saturated heterocycles. The zero-order chi connectivity index (χ0) is 13.5. The molecule has 0 amide bonds. The Labute approximate surface area is 112 Å². The zero-order valence-electron chi connectivity index (χ0n) is 10.8. The SMILES string of the molecule is NS(=O)(=O)c1nnc(CCN2CCCC2)n1C1CC1. The van der Waals surface area contributed by atoms with Gasteiger partial charge in [-0.1, -0.05) is 0 Å². The van der Waals surface area contributed by atoms with Gasteiger partial charge in [-0.05, 0) is 38.8 Å². The minimum Gasteiger partial charge on any atom is -0.303 e. The molecule has 19 heavy (non-hydrogen) atoms. The number of hydrogen-bond acceptors (Lipinski definition) is 5. The van der Waals surface area contributed by atoms with Crippen molar-refractivity contribution in [3.8, 4) is 0 Å². The minimum atomic E-state index is -3.78. The summed E-state index contributed by atoms with van der Waals surface area (Å²) in [5, 5.41) is 12.9. The third kappa shape index (κ3) is 2.80. The van der Waals surface area contributed by atoms with Gasteiger partial charge in [-0.3, -0.25) is 4.57 Å². The van der Waals surface area contributed by atoms with Crippen LogP contribution in [0.1, 0.15) is 37.5 Å². The van der Waals surface area contributed by atoms with Crippen LogP contribution in [-0.2, 0) is 16.4 Å². The normalized spacial score (nSPS) is 21.1. The molecule has 1 aliphatic carbocycles. The van der Waals surface area contributed by atoms with E-state index in [1.807, 2.05) is 0 Å². The predicted octanol–water partition coefficient (Wildman–Crippen LogP) is -0.101. The van der Waals surface area contributed by atoms with Gasteiger partial charge in [0.25, 0.3) is 15.2 Å². The third-order valence-electron chi connectivity index (χ3n) is 3.75. The van der Waals surface area contributed by atoms with Crippen LogP contribution in [0.15, 0.2) is 5.16 Å². The summed E-state index contributed by atoms with van der Waals surface area (Å²) in [6.07, 6.45) is 5.20. The van der Waals surface area contributed by atoms with Crippen molar-refractivity contribution in [1.82, 2.24) is 19.7 Å². The molecule has 2 fully saturated rings. The number of hydrogen-bond donors (Lipinski definition) is 1. The van der Waals surface area contributed by atoms with E-state index < -0.39 is 10.0 Å². The van der Waals surface area contributed by atoms with Gasteiger partial charge in [-0.15, -0.1) is 10.2 Å². The standard InChI is InChI=1S/C11H19N5O2S/c12-19(17,18)11-14-13-10(16(11)9-3-4-9)5-8-15-6-1-2-7-15/h9H,1-8H2,(H2,12,17,18). The highest BCUT2D eigenvalue weighted by Crippen LogP contribution is 2.37. The molecule has 0 radical (unpaired) electrons. The highest BCUT2D eigenvalue weighted by atomic mass is 32.2. The maximum absolute atomic E-state index is 11.5. The van der Waals surface area contributed by atoms with Gasteiger partial charge in [0.1, 0.15) is 5.82 Å². The Hall–Kier alpha value is -0.990. The Morgan fingerprint density at radius 1 is 1.21 bits per heavy atom. The number of likely N-dealkylation sites (tertiary alicyclic amines) is 1. The Balaban J connectivity index is 1.79. The molecule has 2 heterocycles. The van der Waals surface area contributed by atoms with Crippen LogP contribution in [0.2, 0.25) is 0 Å². The number of nitrogens with zero attached hydrogens (tertiary/aromatic N) is 4. The predicted molar refractivity (Wildman–Crippen MR) is 69.0 cm³/mol. The molecule has 0 unspecified atom stereocenters. The second-order valence-electron chi connectivity index (χ2n) is 5.34. The molecule has 0 bridgehead atoms. The number of aromatic nitrogens is 3. The van der Waals surface area contributed by atoms with E-state index in [4.69, 9.17) is 5.14 Å². The molecule has 7 nitrogen and oxygen atoms in total. The van der Waals surface area contributed by atoms with E-state index in [9.17, 15) is 8.42 Å². The maximum atomic E-state index is 11.5. The first-order valence-corrected chi connectivity index (χ1v) is 8.29. The Bertz CT molecular complexity index is 558. The van der Waals surface area contributed by atoms with Gasteiger partial charge in [-0.2, -0.15) is 0 Å². The van der Waals surface area contributed by atoms with Gasteiger partial charge in [0.05, 0.1) is 0 Å². The van der Waals surface area contributed by atoms with Crippen molar-refractivity contribution >= 4 is 10.0 Å². The summed E-state index contributed by atoms with van der Waals surface area (Å²) >= 11 is 0. The molecule has 1 saturated carbocycles. The molecule has 1 aromatic heterocycles. The van der Waals surface area contributed by atoms with E-state index >= 15 is 0 Å². The van der Waals surface area contributed by atoms with Crippen LogP contribution in [0.5, 0.6) is 0 Å². The van der Waals surface area contributed by atoms with Crippen molar-refractivity contribution in [2.75, 3.05) is 19.6 Å². The van der Waals surface area contributed by atoms with E-state index in [0.717, 1.165) is 44.7 Å². The Morgan fingerprint density at radius 3 is 2.47 bits per heavy atom. The lowest BCUT2D eigenvalue weighted by atomic mass is 10.3. The summed E-state index contributed by atoms with van der Waals surface area (Å²) in [7, 11) is -3.78. The van der Waals surface area contributed by atoms with Crippen molar-refractivity contribution in [2.45, 2.75) is 43.3 Å². The maximum Gasteiger partial charge on any atom is 0.273 e. The van der Waals surface area contributed by atoms with Gasteiger partial charge in [0.2, 0.25) is 0 Å². The smallest absolute Gasteiger partial charge is 0.273 e. The highest BCUT2D eigenvalue weighted by molar-refractivity contribution is 7.89. The number of primary sulfonamides is 1. The molecule has 0 spiro atoms. The van der Waals surface area contributed by atoms with Crippen LogP contribution >= 0.6 is 0 Å². The zero-order valence-corrected chi connectivity index (χ0v) is 11.6. The van der Waals surface area contributed by atoms with E-state index in [0.29, 0.717) is 0 Å². The molecule has 1 aromatic rings.